The van der Waals surface area contributed by atoms with Crippen molar-refractivity contribution in [3.8, 4) is 6.07 Å². The van der Waals surface area contributed by atoms with E-state index in [1.165, 1.54) is 44.9 Å². The Balaban J connectivity index is 1.16. The molecule has 0 radical (unpaired) electrons. The first kappa shape index (κ1) is 21.9. The zero-order valence-corrected chi connectivity index (χ0v) is 20.9. The van der Waals surface area contributed by atoms with Gasteiger partial charge in [-0.3, -0.25) is 9.48 Å². The molecule has 6 fully saturated rings. The van der Waals surface area contributed by atoms with Crippen molar-refractivity contribution in [2.24, 2.45) is 58.7 Å². The summed E-state index contributed by atoms with van der Waals surface area (Å²) in [7, 11) is 0. The summed E-state index contributed by atoms with van der Waals surface area (Å²) in [6, 6.07) is 2.06. The van der Waals surface area contributed by atoms with E-state index in [2.05, 4.69) is 18.1 Å². The lowest BCUT2D eigenvalue weighted by atomic mass is 9.48. The number of aliphatic hydroxyl groups is 1. The highest BCUT2D eigenvalue weighted by Crippen LogP contribution is 2.71. The number of hydrogen-bond donors (Lipinski definition) is 1. The number of carbonyl (C=O) groups is 1. The molecule has 6 aliphatic carbocycles. The van der Waals surface area contributed by atoms with Crippen LogP contribution in [0.25, 0.3) is 0 Å². The molecule has 7 rings (SSSR count). The maximum atomic E-state index is 13.7. The van der Waals surface area contributed by atoms with Gasteiger partial charge in [-0.2, -0.15) is 10.4 Å². The molecule has 5 nitrogen and oxygen atoms in total. The van der Waals surface area contributed by atoms with E-state index in [1.54, 1.807) is 10.9 Å². The topological polar surface area (TPSA) is 78.9 Å². The molecule has 10 atom stereocenters. The summed E-state index contributed by atoms with van der Waals surface area (Å²) < 4.78 is 1.59. The quantitative estimate of drug-likeness (QED) is 0.637. The molecule has 0 saturated heterocycles. The first-order chi connectivity index (χ1) is 16.3. The maximum Gasteiger partial charge on any atom is 0.168 e. The van der Waals surface area contributed by atoms with Gasteiger partial charge in [0.15, 0.2) is 10.9 Å². The Bertz CT molecular complexity index is 1070. The van der Waals surface area contributed by atoms with Gasteiger partial charge in [-0.25, -0.2) is 0 Å². The lowest BCUT2D eigenvalue weighted by Gasteiger charge is -2.57. The minimum absolute atomic E-state index is 0.0856. The van der Waals surface area contributed by atoms with Crippen LogP contribution in [0.1, 0.15) is 76.7 Å². The van der Waals surface area contributed by atoms with Crippen molar-refractivity contribution in [2.45, 2.75) is 83.3 Å². The fraction of sp³-hybridized carbons (Fsp3) is 0.821. The summed E-state index contributed by atoms with van der Waals surface area (Å²) in [5, 5.41) is 24.4. The average molecular weight is 482 g/mol. The van der Waals surface area contributed by atoms with Crippen LogP contribution in [0.4, 0.5) is 0 Å². The standard InChI is InChI=1S/C28H36ClN3O2/c1-27-8-6-18-17-7-9-28(34)11-23(28)19(17)4-5-20(18)25(27)21(15-2-3-15)10-22(27)24(33)14-32-13-16(12-30)26(29)31-32/h13,15,17-23,25,34H,2-11,14H2,1H3/t17-,18-,19+,20-,21+,22-,23?,25-,27-,28+/m1/s1. The first-order valence-electron chi connectivity index (χ1n) is 13.7. The van der Waals surface area contributed by atoms with E-state index in [-0.39, 0.29) is 34.4 Å². The molecule has 1 aromatic heterocycles. The second kappa shape index (κ2) is 7.32. The molecule has 0 amide bonds. The van der Waals surface area contributed by atoms with Crippen LogP contribution in [-0.4, -0.2) is 26.3 Å². The molecule has 0 bridgehead atoms. The predicted octanol–water partition coefficient (Wildman–Crippen LogP) is 5.24. The zero-order valence-electron chi connectivity index (χ0n) is 20.1. The molecule has 1 heterocycles. The second-order valence-electron chi connectivity index (χ2n) is 13.2. The van der Waals surface area contributed by atoms with Crippen molar-refractivity contribution in [1.82, 2.24) is 9.78 Å². The summed E-state index contributed by atoms with van der Waals surface area (Å²) in [5.41, 5.74) is 0.120. The Morgan fingerprint density at radius 2 is 1.88 bits per heavy atom. The number of halogens is 1. The van der Waals surface area contributed by atoms with Crippen LogP contribution >= 0.6 is 11.6 Å². The third-order valence-electron chi connectivity index (χ3n) is 11.8. The number of nitriles is 1. The first-order valence-corrected chi connectivity index (χ1v) is 14.1. The zero-order chi connectivity index (χ0) is 23.4. The summed E-state index contributed by atoms with van der Waals surface area (Å²) in [6.45, 7) is 2.67. The summed E-state index contributed by atoms with van der Waals surface area (Å²) in [6.07, 6.45) is 13.7. The molecule has 6 aliphatic rings. The van der Waals surface area contributed by atoms with E-state index in [1.807, 2.05) is 0 Å². The van der Waals surface area contributed by atoms with E-state index >= 15 is 0 Å². The summed E-state index contributed by atoms with van der Waals surface area (Å²) in [4.78, 5) is 13.7. The molecule has 0 aromatic carbocycles. The molecular formula is C28H36ClN3O2. The van der Waals surface area contributed by atoms with Crippen molar-refractivity contribution in [3.05, 3.63) is 16.9 Å². The molecule has 1 aromatic rings. The highest BCUT2D eigenvalue weighted by atomic mass is 35.5. The van der Waals surface area contributed by atoms with Crippen LogP contribution in [0.15, 0.2) is 6.20 Å². The average Bonchev–Trinajstić information content (AvgIpc) is 3.71. The SMILES string of the molecule is C[C@]12CC[C@H]3[C@@H](CC[C@@H]4C5C[C@@]5(O)CC[C@H]34)[C@@H]1[C@H](C1CC1)C[C@@H]2C(=O)Cn1cc(C#N)c(Cl)n1. The smallest absolute Gasteiger partial charge is 0.168 e. The predicted molar refractivity (Wildman–Crippen MR) is 128 cm³/mol. The van der Waals surface area contributed by atoms with Gasteiger partial charge in [-0.1, -0.05) is 18.5 Å². The third-order valence-corrected chi connectivity index (χ3v) is 12.1. The van der Waals surface area contributed by atoms with Crippen LogP contribution in [0.2, 0.25) is 5.15 Å². The number of nitrogens with zero attached hydrogens (tertiary/aromatic N) is 3. The van der Waals surface area contributed by atoms with Crippen LogP contribution in [0.3, 0.4) is 0 Å². The molecule has 34 heavy (non-hydrogen) atoms. The molecule has 182 valence electrons. The second-order valence-corrected chi connectivity index (χ2v) is 13.5. The lowest BCUT2D eigenvalue weighted by molar-refractivity contribution is -0.132. The number of rotatable bonds is 4. The number of ketones is 1. The Kier molecular flexibility index (Phi) is 4.71. The lowest BCUT2D eigenvalue weighted by Crippen LogP contribution is -2.51. The van der Waals surface area contributed by atoms with Crippen molar-refractivity contribution >= 4 is 17.4 Å². The van der Waals surface area contributed by atoms with E-state index in [4.69, 9.17) is 11.6 Å². The van der Waals surface area contributed by atoms with E-state index in [0.717, 1.165) is 48.9 Å². The fourth-order valence-electron chi connectivity index (χ4n) is 10.2. The fourth-order valence-corrected chi connectivity index (χ4v) is 10.4. The Morgan fingerprint density at radius 1 is 1.15 bits per heavy atom. The molecule has 6 heteroatoms. The van der Waals surface area contributed by atoms with Crippen LogP contribution in [0.5, 0.6) is 0 Å². The number of Topliss-reactive ketones (excluding diaryl/α,β-unsaturated/α-hetero) is 1. The van der Waals surface area contributed by atoms with Crippen molar-refractivity contribution < 1.29 is 9.90 Å². The molecule has 6 saturated carbocycles. The van der Waals surface area contributed by atoms with E-state index in [9.17, 15) is 15.2 Å². The molecule has 1 unspecified atom stereocenters. The monoisotopic (exact) mass is 481 g/mol. The maximum absolute atomic E-state index is 13.7. The Labute approximate surface area is 207 Å². The summed E-state index contributed by atoms with van der Waals surface area (Å²) in [5.74, 6) is 6.27. The minimum Gasteiger partial charge on any atom is -0.390 e. The van der Waals surface area contributed by atoms with Gasteiger partial charge in [0.25, 0.3) is 0 Å². The van der Waals surface area contributed by atoms with Gasteiger partial charge >= 0.3 is 0 Å². The third kappa shape index (κ3) is 3.07. The number of carbonyl (C=O) groups excluding carboxylic acids is 1. The van der Waals surface area contributed by atoms with Gasteiger partial charge < -0.3 is 5.11 Å². The normalized spacial score (nSPS) is 48.8. The highest BCUT2D eigenvalue weighted by Gasteiger charge is 2.67. The summed E-state index contributed by atoms with van der Waals surface area (Å²) >= 11 is 6.07. The van der Waals surface area contributed by atoms with Crippen molar-refractivity contribution in [3.63, 3.8) is 0 Å². The minimum atomic E-state index is -0.306. The molecule has 0 spiro atoms. The molecular weight excluding hydrogens is 446 g/mol. The van der Waals surface area contributed by atoms with Gasteiger partial charge in [0.05, 0.1) is 12.1 Å². The molecule has 1 N–H and O–H groups in total. The van der Waals surface area contributed by atoms with E-state index in [0.29, 0.717) is 23.3 Å². The van der Waals surface area contributed by atoms with Gasteiger partial charge in [0.2, 0.25) is 0 Å². The van der Waals surface area contributed by atoms with Gasteiger partial charge in [0.1, 0.15) is 11.6 Å². The van der Waals surface area contributed by atoms with Crippen molar-refractivity contribution in [2.75, 3.05) is 0 Å². The van der Waals surface area contributed by atoms with Crippen LogP contribution < -0.4 is 0 Å². The number of aromatic nitrogens is 2. The largest absolute Gasteiger partial charge is 0.390 e. The number of hydrogen-bond acceptors (Lipinski definition) is 4. The number of fused-ring (bicyclic) bond motifs is 7. The Morgan fingerprint density at radius 3 is 2.62 bits per heavy atom. The van der Waals surface area contributed by atoms with Crippen LogP contribution in [0, 0.1) is 70.0 Å². The van der Waals surface area contributed by atoms with Crippen molar-refractivity contribution in [1.29, 1.82) is 5.26 Å². The van der Waals surface area contributed by atoms with E-state index < -0.39 is 0 Å². The van der Waals surface area contributed by atoms with Gasteiger partial charge in [-0.15, -0.1) is 0 Å². The Hall–Kier alpha value is -1.38. The van der Waals surface area contributed by atoms with Gasteiger partial charge in [0, 0.05) is 12.1 Å². The molecule has 0 aliphatic heterocycles. The van der Waals surface area contributed by atoms with Gasteiger partial charge in [-0.05, 0) is 117 Å². The van der Waals surface area contributed by atoms with Crippen LogP contribution in [-0.2, 0) is 11.3 Å². The highest BCUT2D eigenvalue weighted by molar-refractivity contribution is 6.30.